The highest BCUT2D eigenvalue weighted by molar-refractivity contribution is 5.84. The highest BCUT2D eigenvalue weighted by atomic mass is 16.5. The van der Waals surface area contributed by atoms with E-state index in [0.717, 1.165) is 12.0 Å². The number of ketones is 1. The van der Waals surface area contributed by atoms with Gasteiger partial charge in [-0.1, -0.05) is 45.0 Å². The second kappa shape index (κ2) is 6.06. The van der Waals surface area contributed by atoms with Crippen LogP contribution >= 0.6 is 0 Å². The Hall–Kier alpha value is -1.19. The van der Waals surface area contributed by atoms with E-state index >= 15 is 0 Å². The quantitative estimate of drug-likeness (QED) is 0.846. The molecule has 1 heterocycles. The van der Waals surface area contributed by atoms with Crippen molar-refractivity contribution in [2.24, 2.45) is 5.41 Å². The number of carbonyl (C=O) groups is 1. The van der Waals surface area contributed by atoms with E-state index in [2.05, 4.69) is 12.1 Å². The van der Waals surface area contributed by atoms with Gasteiger partial charge in [0, 0.05) is 13.5 Å². The van der Waals surface area contributed by atoms with Gasteiger partial charge in [0.1, 0.15) is 6.10 Å². The summed E-state index contributed by atoms with van der Waals surface area (Å²) >= 11 is 0. The number of fused-ring (bicyclic) bond motifs is 1. The lowest BCUT2D eigenvalue weighted by atomic mass is 9.83. The number of benzene rings is 1. The fourth-order valence-corrected chi connectivity index (χ4v) is 2.90. The fraction of sp³-hybridized carbons (Fsp3) is 0.588. The van der Waals surface area contributed by atoms with E-state index in [1.165, 1.54) is 5.56 Å². The van der Waals surface area contributed by atoms with Crippen LogP contribution in [0.5, 0.6) is 0 Å². The zero-order valence-electron chi connectivity index (χ0n) is 12.8. The Morgan fingerprint density at radius 2 is 2.10 bits per heavy atom. The van der Waals surface area contributed by atoms with Gasteiger partial charge >= 0.3 is 0 Å². The zero-order chi connectivity index (χ0) is 14.8. The van der Waals surface area contributed by atoms with Gasteiger partial charge in [-0.15, -0.1) is 0 Å². The summed E-state index contributed by atoms with van der Waals surface area (Å²) in [4.78, 5) is 12.5. The Morgan fingerprint density at radius 1 is 1.40 bits per heavy atom. The first-order valence-corrected chi connectivity index (χ1v) is 7.18. The van der Waals surface area contributed by atoms with E-state index in [1.807, 2.05) is 32.9 Å². The summed E-state index contributed by atoms with van der Waals surface area (Å²) in [5, 5.41) is 0. The minimum Gasteiger partial charge on any atom is -0.373 e. The smallest absolute Gasteiger partial charge is 0.165 e. The first-order valence-electron chi connectivity index (χ1n) is 7.18. The standard InChI is InChI=1S/C17H24O3/c1-17(2,3)16(19-4)14(18)11-15-13-8-6-5-7-12(13)9-10-20-15/h5-8,15-16H,9-11H2,1-4H3. The van der Waals surface area contributed by atoms with Crippen LogP contribution in [0.15, 0.2) is 24.3 Å². The van der Waals surface area contributed by atoms with Crippen molar-refractivity contribution in [1.82, 2.24) is 0 Å². The molecule has 110 valence electrons. The van der Waals surface area contributed by atoms with E-state index in [0.29, 0.717) is 13.0 Å². The van der Waals surface area contributed by atoms with Crippen molar-refractivity contribution in [3.63, 3.8) is 0 Å². The van der Waals surface area contributed by atoms with E-state index in [4.69, 9.17) is 9.47 Å². The molecule has 0 amide bonds. The van der Waals surface area contributed by atoms with Gasteiger partial charge in [0.25, 0.3) is 0 Å². The molecule has 1 aliphatic rings. The maximum absolute atomic E-state index is 12.5. The second-order valence-electron chi connectivity index (χ2n) is 6.46. The molecule has 0 aromatic heterocycles. The van der Waals surface area contributed by atoms with E-state index in [1.54, 1.807) is 7.11 Å². The SMILES string of the molecule is COC(C(=O)CC1OCCc2ccccc21)C(C)(C)C. The zero-order valence-corrected chi connectivity index (χ0v) is 12.8. The summed E-state index contributed by atoms with van der Waals surface area (Å²) in [5.41, 5.74) is 2.25. The number of hydrogen-bond acceptors (Lipinski definition) is 3. The van der Waals surface area contributed by atoms with Crippen molar-refractivity contribution in [3.05, 3.63) is 35.4 Å². The van der Waals surface area contributed by atoms with Gasteiger partial charge in [-0.25, -0.2) is 0 Å². The molecular formula is C17H24O3. The van der Waals surface area contributed by atoms with Crippen LogP contribution in [0, 0.1) is 5.41 Å². The summed E-state index contributed by atoms with van der Waals surface area (Å²) in [6.45, 7) is 6.75. The topological polar surface area (TPSA) is 35.5 Å². The molecule has 1 aromatic rings. The van der Waals surface area contributed by atoms with E-state index in [-0.39, 0.29) is 23.4 Å². The highest BCUT2D eigenvalue weighted by Crippen LogP contribution is 2.32. The molecule has 0 fully saturated rings. The van der Waals surface area contributed by atoms with Crippen LogP contribution in [-0.4, -0.2) is 25.6 Å². The van der Waals surface area contributed by atoms with Crippen LogP contribution in [0.25, 0.3) is 0 Å². The van der Waals surface area contributed by atoms with Crippen molar-refractivity contribution in [3.8, 4) is 0 Å². The molecule has 2 atom stereocenters. The Balaban J connectivity index is 2.13. The van der Waals surface area contributed by atoms with Gasteiger partial charge in [0.15, 0.2) is 5.78 Å². The lowest BCUT2D eigenvalue weighted by Crippen LogP contribution is -2.37. The molecule has 3 nitrogen and oxygen atoms in total. The highest BCUT2D eigenvalue weighted by Gasteiger charge is 2.33. The number of hydrogen-bond donors (Lipinski definition) is 0. The predicted molar refractivity (Wildman–Crippen MR) is 78.7 cm³/mol. The first kappa shape index (κ1) is 15.2. The molecule has 0 saturated heterocycles. The van der Waals surface area contributed by atoms with Crippen LogP contribution in [0.1, 0.15) is 44.4 Å². The minimum absolute atomic E-state index is 0.113. The van der Waals surface area contributed by atoms with Gasteiger partial charge in [0.05, 0.1) is 12.7 Å². The van der Waals surface area contributed by atoms with Crippen molar-refractivity contribution in [1.29, 1.82) is 0 Å². The summed E-state index contributed by atoms with van der Waals surface area (Å²) < 4.78 is 11.2. The number of rotatable bonds is 4. The Morgan fingerprint density at radius 3 is 2.75 bits per heavy atom. The molecule has 0 radical (unpaired) electrons. The average Bonchev–Trinajstić information content (AvgIpc) is 2.38. The van der Waals surface area contributed by atoms with Gasteiger partial charge in [-0.2, -0.15) is 0 Å². The Labute approximate surface area is 121 Å². The van der Waals surface area contributed by atoms with E-state index in [9.17, 15) is 4.79 Å². The summed E-state index contributed by atoms with van der Waals surface area (Å²) in [5.74, 6) is 0.113. The van der Waals surface area contributed by atoms with Crippen LogP contribution < -0.4 is 0 Å². The Kier molecular flexibility index (Phi) is 4.61. The van der Waals surface area contributed by atoms with Gasteiger partial charge in [0.2, 0.25) is 0 Å². The van der Waals surface area contributed by atoms with Crippen molar-refractivity contribution in [2.75, 3.05) is 13.7 Å². The van der Waals surface area contributed by atoms with Crippen LogP contribution in [0.4, 0.5) is 0 Å². The molecular weight excluding hydrogens is 252 g/mol. The minimum atomic E-state index is -0.389. The second-order valence-corrected chi connectivity index (χ2v) is 6.46. The molecule has 0 N–H and O–H groups in total. The lowest BCUT2D eigenvalue weighted by Gasteiger charge is -2.31. The average molecular weight is 276 g/mol. The number of methoxy groups -OCH3 is 1. The van der Waals surface area contributed by atoms with Crippen molar-refractivity contribution >= 4 is 5.78 Å². The normalized spacial score (nSPS) is 20.3. The molecule has 2 rings (SSSR count). The third kappa shape index (κ3) is 3.28. The predicted octanol–water partition coefficient (Wildman–Crippen LogP) is 3.32. The number of ether oxygens (including phenoxy) is 2. The number of Topliss-reactive ketones (excluding diaryl/α,β-unsaturated/α-hetero) is 1. The monoisotopic (exact) mass is 276 g/mol. The maximum atomic E-state index is 12.5. The summed E-state index contributed by atoms with van der Waals surface area (Å²) in [6.07, 6.45) is 0.785. The lowest BCUT2D eigenvalue weighted by molar-refractivity contribution is -0.138. The fourth-order valence-electron chi connectivity index (χ4n) is 2.90. The van der Waals surface area contributed by atoms with Crippen molar-refractivity contribution in [2.45, 2.75) is 45.8 Å². The third-order valence-corrected chi connectivity index (χ3v) is 3.79. The molecule has 20 heavy (non-hydrogen) atoms. The molecule has 0 spiro atoms. The molecule has 0 bridgehead atoms. The number of carbonyl (C=O) groups excluding carboxylic acids is 1. The Bertz CT molecular complexity index is 473. The third-order valence-electron chi connectivity index (χ3n) is 3.79. The van der Waals surface area contributed by atoms with Crippen LogP contribution in [-0.2, 0) is 20.7 Å². The maximum Gasteiger partial charge on any atom is 0.165 e. The van der Waals surface area contributed by atoms with Crippen LogP contribution in [0.3, 0.4) is 0 Å². The van der Waals surface area contributed by atoms with Gasteiger partial charge in [-0.3, -0.25) is 4.79 Å². The van der Waals surface area contributed by atoms with Crippen molar-refractivity contribution < 1.29 is 14.3 Å². The summed E-state index contributed by atoms with van der Waals surface area (Å²) in [6, 6.07) is 8.22. The summed E-state index contributed by atoms with van der Waals surface area (Å²) in [7, 11) is 1.60. The van der Waals surface area contributed by atoms with E-state index < -0.39 is 0 Å². The molecule has 3 heteroatoms. The molecule has 1 aliphatic heterocycles. The molecule has 0 saturated carbocycles. The first-order chi connectivity index (χ1) is 9.43. The molecule has 2 unspecified atom stereocenters. The van der Waals surface area contributed by atoms with Crippen LogP contribution in [0.2, 0.25) is 0 Å². The molecule has 1 aromatic carbocycles. The van der Waals surface area contributed by atoms with Gasteiger partial charge in [-0.05, 0) is 23.0 Å². The van der Waals surface area contributed by atoms with Gasteiger partial charge < -0.3 is 9.47 Å². The molecule has 0 aliphatic carbocycles. The largest absolute Gasteiger partial charge is 0.373 e.